The summed E-state index contributed by atoms with van der Waals surface area (Å²) in [6.07, 6.45) is 0. The molecule has 0 saturated carbocycles. The van der Waals surface area contributed by atoms with Crippen LogP contribution >= 0.6 is 12.2 Å². The summed E-state index contributed by atoms with van der Waals surface area (Å²) >= 11 is 5.37. The van der Waals surface area contributed by atoms with Gasteiger partial charge in [0.2, 0.25) is 0 Å². The maximum atomic E-state index is 5.37. The minimum Gasteiger partial charge on any atom is -0.497 e. The second-order valence-corrected chi connectivity index (χ2v) is 5.95. The summed E-state index contributed by atoms with van der Waals surface area (Å²) in [4.78, 5) is 2.16. The third-order valence-corrected chi connectivity index (χ3v) is 3.62. The second kappa shape index (κ2) is 8.50. The van der Waals surface area contributed by atoms with Crippen molar-refractivity contribution in [3.05, 3.63) is 59.7 Å². The SMILES string of the molecule is COc1cccc(NC(=S)NCc2ccccc2CN(C)C)c1. The highest BCUT2D eigenvalue weighted by Crippen LogP contribution is 2.16. The molecule has 0 fully saturated rings. The highest BCUT2D eigenvalue weighted by molar-refractivity contribution is 7.80. The Morgan fingerprint density at radius 3 is 2.52 bits per heavy atom. The Labute approximate surface area is 143 Å². The monoisotopic (exact) mass is 329 g/mol. The highest BCUT2D eigenvalue weighted by Gasteiger charge is 2.04. The molecule has 0 atom stereocenters. The van der Waals surface area contributed by atoms with Crippen molar-refractivity contribution >= 4 is 23.0 Å². The summed E-state index contributed by atoms with van der Waals surface area (Å²) < 4.78 is 5.21. The smallest absolute Gasteiger partial charge is 0.171 e. The van der Waals surface area contributed by atoms with E-state index < -0.39 is 0 Å². The summed E-state index contributed by atoms with van der Waals surface area (Å²) in [5.74, 6) is 0.800. The van der Waals surface area contributed by atoms with Crippen molar-refractivity contribution in [3.8, 4) is 5.75 Å². The number of methoxy groups -OCH3 is 1. The fourth-order valence-electron chi connectivity index (χ4n) is 2.28. The van der Waals surface area contributed by atoms with Crippen molar-refractivity contribution in [1.29, 1.82) is 0 Å². The van der Waals surface area contributed by atoms with Gasteiger partial charge in [0, 0.05) is 24.8 Å². The lowest BCUT2D eigenvalue weighted by atomic mass is 10.1. The van der Waals surface area contributed by atoms with Gasteiger partial charge < -0.3 is 20.3 Å². The zero-order valence-corrected chi connectivity index (χ0v) is 14.6. The van der Waals surface area contributed by atoms with Crippen LogP contribution in [0.2, 0.25) is 0 Å². The summed E-state index contributed by atoms with van der Waals surface area (Å²) in [5, 5.41) is 7.03. The number of nitrogens with zero attached hydrogens (tertiary/aromatic N) is 1. The first kappa shape index (κ1) is 17.2. The highest BCUT2D eigenvalue weighted by atomic mass is 32.1. The van der Waals surface area contributed by atoms with Crippen LogP contribution < -0.4 is 15.4 Å². The molecule has 0 amide bonds. The van der Waals surface area contributed by atoms with Gasteiger partial charge in [-0.3, -0.25) is 0 Å². The quantitative estimate of drug-likeness (QED) is 0.796. The van der Waals surface area contributed by atoms with E-state index in [4.69, 9.17) is 17.0 Å². The summed E-state index contributed by atoms with van der Waals surface area (Å²) in [6.45, 7) is 1.60. The van der Waals surface area contributed by atoms with Gasteiger partial charge in [-0.2, -0.15) is 0 Å². The minimum atomic E-state index is 0.595. The first-order valence-electron chi connectivity index (χ1n) is 7.49. The molecule has 0 spiro atoms. The maximum absolute atomic E-state index is 5.37. The van der Waals surface area contributed by atoms with Gasteiger partial charge in [-0.05, 0) is 49.6 Å². The number of anilines is 1. The molecule has 2 aromatic carbocycles. The molecule has 2 aromatic rings. The fourth-order valence-corrected chi connectivity index (χ4v) is 2.47. The van der Waals surface area contributed by atoms with Crippen LogP contribution in [0.5, 0.6) is 5.75 Å². The van der Waals surface area contributed by atoms with Crippen molar-refractivity contribution in [2.24, 2.45) is 0 Å². The first-order chi connectivity index (χ1) is 11.1. The van der Waals surface area contributed by atoms with Crippen LogP contribution in [0.1, 0.15) is 11.1 Å². The zero-order valence-electron chi connectivity index (χ0n) is 13.8. The van der Waals surface area contributed by atoms with Gasteiger partial charge in [0.25, 0.3) is 0 Å². The van der Waals surface area contributed by atoms with Crippen LogP contribution in [0.3, 0.4) is 0 Å². The number of thiocarbonyl (C=S) groups is 1. The lowest BCUT2D eigenvalue weighted by Gasteiger charge is -2.16. The van der Waals surface area contributed by atoms with Crippen molar-refractivity contribution in [2.75, 3.05) is 26.5 Å². The molecule has 0 bridgehead atoms. The molecule has 0 unspecified atom stereocenters. The third kappa shape index (κ3) is 5.54. The number of hydrogen-bond donors (Lipinski definition) is 2. The van der Waals surface area contributed by atoms with E-state index in [-0.39, 0.29) is 0 Å². The average Bonchev–Trinajstić information content (AvgIpc) is 2.53. The Bertz CT molecular complexity index is 658. The molecule has 4 nitrogen and oxygen atoms in total. The Kier molecular flexibility index (Phi) is 6.38. The van der Waals surface area contributed by atoms with Gasteiger partial charge in [0.05, 0.1) is 7.11 Å². The molecule has 0 saturated heterocycles. The molecule has 0 radical (unpaired) electrons. The Morgan fingerprint density at radius 2 is 1.83 bits per heavy atom. The van der Waals surface area contributed by atoms with Gasteiger partial charge in [0.15, 0.2) is 5.11 Å². The van der Waals surface area contributed by atoms with E-state index in [0.717, 1.165) is 18.0 Å². The molecular weight excluding hydrogens is 306 g/mol. The van der Waals surface area contributed by atoms with Crippen LogP contribution in [0.4, 0.5) is 5.69 Å². The zero-order chi connectivity index (χ0) is 16.7. The normalized spacial score (nSPS) is 10.4. The molecule has 5 heteroatoms. The van der Waals surface area contributed by atoms with Gasteiger partial charge in [-0.25, -0.2) is 0 Å². The molecule has 0 aliphatic rings. The number of hydrogen-bond acceptors (Lipinski definition) is 3. The van der Waals surface area contributed by atoms with Gasteiger partial charge >= 0.3 is 0 Å². The Morgan fingerprint density at radius 1 is 1.09 bits per heavy atom. The molecule has 122 valence electrons. The van der Waals surface area contributed by atoms with E-state index in [0.29, 0.717) is 11.7 Å². The first-order valence-corrected chi connectivity index (χ1v) is 7.89. The summed E-state index contributed by atoms with van der Waals surface area (Å²) in [6, 6.07) is 16.1. The van der Waals surface area contributed by atoms with Gasteiger partial charge in [-0.15, -0.1) is 0 Å². The van der Waals surface area contributed by atoms with Crippen molar-refractivity contribution in [1.82, 2.24) is 10.2 Å². The van der Waals surface area contributed by atoms with Crippen molar-refractivity contribution in [3.63, 3.8) is 0 Å². The number of benzene rings is 2. The molecule has 23 heavy (non-hydrogen) atoms. The van der Waals surface area contributed by atoms with E-state index in [1.807, 2.05) is 24.3 Å². The largest absolute Gasteiger partial charge is 0.497 e. The lowest BCUT2D eigenvalue weighted by Crippen LogP contribution is -2.28. The van der Waals surface area contributed by atoms with Crippen LogP contribution in [-0.4, -0.2) is 31.2 Å². The predicted molar refractivity (Wildman–Crippen MR) is 99.9 cm³/mol. The van der Waals surface area contributed by atoms with Crippen molar-refractivity contribution < 1.29 is 4.74 Å². The van der Waals surface area contributed by atoms with E-state index in [1.54, 1.807) is 7.11 Å². The van der Waals surface area contributed by atoms with Gasteiger partial charge in [-0.1, -0.05) is 30.3 Å². The minimum absolute atomic E-state index is 0.595. The van der Waals surface area contributed by atoms with Crippen molar-refractivity contribution in [2.45, 2.75) is 13.1 Å². The topological polar surface area (TPSA) is 36.5 Å². The molecule has 2 rings (SSSR count). The Balaban J connectivity index is 1.94. The van der Waals surface area contributed by atoms with E-state index in [2.05, 4.69) is 53.9 Å². The van der Waals surface area contributed by atoms with E-state index in [9.17, 15) is 0 Å². The Hall–Kier alpha value is -2.11. The lowest BCUT2D eigenvalue weighted by molar-refractivity contribution is 0.401. The average molecular weight is 329 g/mol. The molecule has 2 N–H and O–H groups in total. The van der Waals surface area contributed by atoms with Crippen LogP contribution in [0, 0.1) is 0 Å². The number of rotatable bonds is 6. The van der Waals surface area contributed by atoms with Gasteiger partial charge in [0.1, 0.15) is 5.75 Å². The maximum Gasteiger partial charge on any atom is 0.171 e. The van der Waals surface area contributed by atoms with E-state index in [1.165, 1.54) is 11.1 Å². The molecule has 0 heterocycles. The number of ether oxygens (including phenoxy) is 1. The van der Waals surface area contributed by atoms with E-state index >= 15 is 0 Å². The van der Waals surface area contributed by atoms with Crippen LogP contribution in [0.25, 0.3) is 0 Å². The summed E-state index contributed by atoms with van der Waals surface area (Å²) in [5.41, 5.74) is 3.45. The second-order valence-electron chi connectivity index (χ2n) is 5.55. The molecule has 0 aliphatic carbocycles. The van der Waals surface area contributed by atoms with Crippen LogP contribution in [-0.2, 0) is 13.1 Å². The number of nitrogens with one attached hydrogen (secondary N) is 2. The fraction of sp³-hybridized carbons (Fsp3) is 0.278. The summed E-state index contributed by atoms with van der Waals surface area (Å²) in [7, 11) is 5.79. The molecular formula is C18H23N3OS. The predicted octanol–water partition coefficient (Wildman–Crippen LogP) is 3.24. The molecule has 0 aromatic heterocycles. The third-order valence-electron chi connectivity index (χ3n) is 3.37. The standard InChI is InChI=1S/C18H23N3OS/c1-21(2)13-15-8-5-4-7-14(15)12-19-18(23)20-16-9-6-10-17(11-16)22-3/h4-11H,12-13H2,1-3H3,(H2,19,20,23). The molecule has 0 aliphatic heterocycles. The van der Waals surface area contributed by atoms with Crippen LogP contribution in [0.15, 0.2) is 48.5 Å².